The molecule has 0 aliphatic heterocycles. The first kappa shape index (κ1) is 14.9. The van der Waals surface area contributed by atoms with E-state index in [1.165, 1.54) is 11.1 Å². The number of hydrogen-bond donors (Lipinski definition) is 2. The Morgan fingerprint density at radius 3 is 1.48 bits per heavy atom. The van der Waals surface area contributed by atoms with Gasteiger partial charge in [-0.05, 0) is 29.3 Å². The maximum absolute atomic E-state index is 7.12. The Morgan fingerprint density at radius 1 is 0.667 bits per heavy atom. The Hall–Kier alpha value is -2.50. The number of rotatable bonds is 2. The third-order valence-electron chi connectivity index (χ3n) is 2.85. The molecule has 2 aromatic heterocycles. The molecule has 0 aliphatic rings. The molecule has 5 heteroatoms. The number of hydrogen-bond acceptors (Lipinski definition) is 4. The zero-order valence-electron chi connectivity index (χ0n) is 11.4. The van der Waals surface area contributed by atoms with Gasteiger partial charge in [0.25, 0.3) is 0 Å². The summed E-state index contributed by atoms with van der Waals surface area (Å²) >= 11 is 0. The van der Waals surface area contributed by atoms with Gasteiger partial charge in [-0.15, -0.1) is 0 Å². The maximum atomic E-state index is 7.12. The van der Waals surface area contributed by atoms with Crippen molar-refractivity contribution in [3.63, 3.8) is 0 Å². The molecule has 0 atom stereocenters. The van der Waals surface area contributed by atoms with Crippen molar-refractivity contribution in [3.05, 3.63) is 73.3 Å². The van der Waals surface area contributed by atoms with E-state index in [1.54, 1.807) is 12.4 Å². The highest BCUT2D eigenvalue weighted by Gasteiger charge is 2.01. The zero-order chi connectivity index (χ0) is 14.9. The average molecular weight is 278 g/mol. The molecule has 0 saturated carbocycles. The number of benzene rings is 1. The molecule has 0 bridgehead atoms. The van der Waals surface area contributed by atoms with Crippen molar-refractivity contribution in [2.24, 2.45) is 0 Å². The monoisotopic (exact) mass is 278 g/mol. The highest BCUT2D eigenvalue weighted by Crippen LogP contribution is 2.25. The van der Waals surface area contributed by atoms with Gasteiger partial charge in [-0.25, -0.2) is 0 Å². The van der Waals surface area contributed by atoms with Gasteiger partial charge in [-0.2, -0.15) is 0 Å². The zero-order valence-corrected chi connectivity index (χ0v) is 11.4. The van der Waals surface area contributed by atoms with Crippen molar-refractivity contribution in [2.75, 3.05) is 0 Å². The van der Waals surface area contributed by atoms with Gasteiger partial charge in [0, 0.05) is 35.9 Å². The molecule has 2 N–H and O–H groups in total. The molecule has 0 saturated heterocycles. The summed E-state index contributed by atoms with van der Waals surface area (Å²) in [6.45, 7) is 0. The highest BCUT2D eigenvalue weighted by molar-refractivity contribution is 6.13. The summed E-state index contributed by atoms with van der Waals surface area (Å²) in [4.78, 5) is 8.30. The molecule has 0 fully saturated rings. The molecule has 0 spiro atoms. The fourth-order valence-electron chi connectivity index (χ4n) is 1.95. The average Bonchev–Trinajstić information content (AvgIpc) is 2.57. The van der Waals surface area contributed by atoms with Crippen molar-refractivity contribution in [2.45, 2.75) is 0 Å². The van der Waals surface area contributed by atoms with Gasteiger partial charge in [0.1, 0.15) is 0 Å². The summed E-state index contributed by atoms with van der Waals surface area (Å²) in [5.41, 5.74) is 4.60. The van der Waals surface area contributed by atoms with Gasteiger partial charge in [-0.3, -0.25) is 9.97 Å². The Morgan fingerprint density at radius 2 is 1.10 bits per heavy atom. The Bertz CT molecular complexity index is 609. The first-order valence-electron chi connectivity index (χ1n) is 6.47. The van der Waals surface area contributed by atoms with Crippen molar-refractivity contribution in [1.29, 1.82) is 0 Å². The molecule has 21 heavy (non-hydrogen) atoms. The van der Waals surface area contributed by atoms with Crippen molar-refractivity contribution in [1.82, 2.24) is 9.97 Å². The van der Waals surface area contributed by atoms with E-state index in [9.17, 15) is 0 Å². The lowest BCUT2D eigenvalue weighted by molar-refractivity contribution is 0.448. The van der Waals surface area contributed by atoms with Crippen LogP contribution in [0.3, 0.4) is 0 Å². The fourth-order valence-corrected chi connectivity index (χ4v) is 1.95. The lowest BCUT2D eigenvalue weighted by Crippen LogP contribution is -1.82. The molecule has 3 rings (SSSR count). The molecule has 3 aromatic rings. The van der Waals surface area contributed by atoms with Crippen molar-refractivity contribution >= 4 is 7.69 Å². The summed E-state index contributed by atoms with van der Waals surface area (Å²) in [7, 11) is -0.750. The van der Waals surface area contributed by atoms with E-state index >= 15 is 0 Å². The topological polar surface area (TPSA) is 66.2 Å². The van der Waals surface area contributed by atoms with Crippen LogP contribution >= 0.6 is 0 Å². The van der Waals surface area contributed by atoms with Crippen molar-refractivity contribution < 1.29 is 10.0 Å². The van der Waals surface area contributed by atoms with Crippen LogP contribution in [0.25, 0.3) is 22.3 Å². The molecule has 0 aliphatic carbocycles. The largest absolute Gasteiger partial charge is 0.432 e. The molecule has 104 valence electrons. The molecule has 4 nitrogen and oxygen atoms in total. The molecular formula is C16H15BN2O2. The number of aromatic nitrogens is 2. The molecule has 0 unspecified atom stereocenters. The summed E-state index contributed by atoms with van der Waals surface area (Å²) in [6, 6.07) is 16.4. The molecule has 1 aromatic carbocycles. The SMILES string of the molecule is OBO.c1cncc(-c2cccc(-c3cccnc3)c2)c1. The minimum absolute atomic E-state index is 0.750. The molecule has 2 heterocycles. The Kier molecular flexibility index (Phi) is 5.64. The highest BCUT2D eigenvalue weighted by atomic mass is 16.4. The Balaban J connectivity index is 0.000000497. The predicted molar refractivity (Wildman–Crippen MR) is 84.5 cm³/mol. The summed E-state index contributed by atoms with van der Waals surface area (Å²) in [5, 5.41) is 14.2. The van der Waals surface area contributed by atoms with E-state index < -0.39 is 7.69 Å². The summed E-state index contributed by atoms with van der Waals surface area (Å²) in [6.07, 6.45) is 7.33. The number of nitrogens with zero attached hydrogens (tertiary/aromatic N) is 2. The van der Waals surface area contributed by atoms with Crippen LogP contribution in [-0.2, 0) is 0 Å². The van der Waals surface area contributed by atoms with Crippen LogP contribution in [0.5, 0.6) is 0 Å². The van der Waals surface area contributed by atoms with Crippen molar-refractivity contribution in [3.8, 4) is 22.3 Å². The maximum Gasteiger partial charge on any atom is 0.432 e. The number of pyridine rings is 2. The van der Waals surface area contributed by atoms with Gasteiger partial charge in [0.2, 0.25) is 0 Å². The van der Waals surface area contributed by atoms with Gasteiger partial charge in [-0.1, -0.05) is 30.3 Å². The second-order valence-corrected chi connectivity index (χ2v) is 4.21. The lowest BCUT2D eigenvalue weighted by atomic mass is 10.0. The van der Waals surface area contributed by atoms with Crippen LogP contribution < -0.4 is 0 Å². The van der Waals surface area contributed by atoms with Crippen LogP contribution in [0.2, 0.25) is 0 Å². The first-order valence-corrected chi connectivity index (χ1v) is 6.47. The predicted octanol–water partition coefficient (Wildman–Crippen LogP) is 2.05. The third kappa shape index (κ3) is 4.24. The van der Waals surface area contributed by atoms with Crippen LogP contribution in [0, 0.1) is 0 Å². The van der Waals surface area contributed by atoms with E-state index in [1.807, 2.05) is 24.5 Å². The minimum Gasteiger partial charge on any atom is -0.430 e. The van der Waals surface area contributed by atoms with Crippen LogP contribution in [-0.4, -0.2) is 27.7 Å². The second kappa shape index (κ2) is 7.94. The first-order chi connectivity index (χ1) is 10.3. The normalized spacial score (nSPS) is 9.43. The standard InChI is InChI=1S/C16H12N2.BH3O2/c1-4-13(15-6-2-8-17-11-15)10-14(5-1)16-7-3-9-18-12-16;2-1-3/h1-12H;1-3H. The van der Waals surface area contributed by atoms with Crippen LogP contribution in [0.1, 0.15) is 0 Å². The molecule has 0 radical (unpaired) electrons. The summed E-state index contributed by atoms with van der Waals surface area (Å²) in [5.74, 6) is 0. The van der Waals surface area contributed by atoms with E-state index in [4.69, 9.17) is 10.0 Å². The fraction of sp³-hybridized carbons (Fsp3) is 0. The lowest BCUT2D eigenvalue weighted by Gasteiger charge is -2.05. The minimum atomic E-state index is -0.750. The third-order valence-corrected chi connectivity index (χ3v) is 2.85. The molecule has 0 amide bonds. The quantitative estimate of drug-likeness (QED) is 0.704. The van der Waals surface area contributed by atoms with E-state index in [-0.39, 0.29) is 0 Å². The summed E-state index contributed by atoms with van der Waals surface area (Å²) < 4.78 is 0. The van der Waals surface area contributed by atoms with Crippen LogP contribution in [0.4, 0.5) is 0 Å². The molecular weight excluding hydrogens is 263 g/mol. The van der Waals surface area contributed by atoms with E-state index in [0.717, 1.165) is 11.1 Å². The smallest absolute Gasteiger partial charge is 0.430 e. The van der Waals surface area contributed by atoms with Gasteiger partial charge in [0.15, 0.2) is 0 Å². The second-order valence-electron chi connectivity index (χ2n) is 4.21. The van der Waals surface area contributed by atoms with Gasteiger partial charge >= 0.3 is 7.69 Å². The Labute approximate surface area is 124 Å². The van der Waals surface area contributed by atoms with E-state index in [0.29, 0.717) is 0 Å². The van der Waals surface area contributed by atoms with E-state index in [2.05, 4.69) is 46.4 Å². The van der Waals surface area contributed by atoms with Gasteiger partial charge < -0.3 is 10.0 Å². The van der Waals surface area contributed by atoms with Crippen LogP contribution in [0.15, 0.2) is 73.3 Å². The van der Waals surface area contributed by atoms with Gasteiger partial charge in [0.05, 0.1) is 0 Å².